The van der Waals surface area contributed by atoms with Gasteiger partial charge in [0.05, 0.1) is 0 Å². The SMILES string of the molecule is C=CC(C=C/C=C\C)C(c1ccccc1)[C@@H](C)P. The van der Waals surface area contributed by atoms with Crippen LogP contribution in [0.2, 0.25) is 0 Å². The van der Waals surface area contributed by atoms with Crippen LogP contribution < -0.4 is 0 Å². The first kappa shape index (κ1) is 14.9. The minimum atomic E-state index is 0.358. The molecule has 0 amide bonds. The third-order valence-corrected chi connectivity index (χ3v) is 3.49. The molecule has 0 bridgehead atoms. The summed E-state index contributed by atoms with van der Waals surface area (Å²) in [5.41, 5.74) is 1.88. The van der Waals surface area contributed by atoms with Gasteiger partial charge < -0.3 is 0 Å². The zero-order valence-corrected chi connectivity index (χ0v) is 12.4. The van der Waals surface area contributed by atoms with E-state index >= 15 is 0 Å². The lowest BCUT2D eigenvalue weighted by Gasteiger charge is -2.26. The van der Waals surface area contributed by atoms with Crippen LogP contribution in [-0.4, -0.2) is 5.66 Å². The minimum Gasteiger partial charge on any atom is -0.134 e. The highest BCUT2D eigenvalue weighted by Crippen LogP contribution is 2.33. The molecular formula is C17H23P. The van der Waals surface area contributed by atoms with E-state index in [1.54, 1.807) is 0 Å². The summed E-state index contributed by atoms with van der Waals surface area (Å²) in [5.74, 6) is 0.811. The van der Waals surface area contributed by atoms with Crippen LogP contribution in [0.4, 0.5) is 0 Å². The van der Waals surface area contributed by atoms with Crippen LogP contribution >= 0.6 is 9.24 Å². The average Bonchev–Trinajstić information content (AvgIpc) is 2.38. The molecule has 1 heteroatoms. The number of benzene rings is 1. The van der Waals surface area contributed by atoms with Crippen LogP contribution in [0.25, 0.3) is 0 Å². The van der Waals surface area contributed by atoms with Crippen molar-refractivity contribution in [3.05, 3.63) is 72.9 Å². The molecule has 0 aromatic heterocycles. The van der Waals surface area contributed by atoms with Gasteiger partial charge in [0.25, 0.3) is 0 Å². The van der Waals surface area contributed by atoms with Gasteiger partial charge in [0.15, 0.2) is 0 Å². The molecule has 0 fully saturated rings. The van der Waals surface area contributed by atoms with Crippen molar-refractivity contribution in [2.75, 3.05) is 0 Å². The maximum absolute atomic E-state index is 3.98. The standard InChI is InChI=1S/C17H23P/c1-4-6-8-11-15(5-2)17(14(3)18)16-12-9-7-10-13-16/h4-15,17H,2,18H2,1,3H3/b6-4-,11-8?/t14-,15?,17?/m1/s1. The Labute approximate surface area is 114 Å². The number of allylic oxidation sites excluding steroid dienone is 5. The van der Waals surface area contributed by atoms with Gasteiger partial charge in [-0.25, -0.2) is 0 Å². The molecule has 0 saturated heterocycles. The molecule has 0 spiro atoms. The normalized spacial score (nSPS) is 16.8. The van der Waals surface area contributed by atoms with Crippen molar-refractivity contribution in [3.8, 4) is 0 Å². The molecule has 3 unspecified atom stereocenters. The van der Waals surface area contributed by atoms with Crippen LogP contribution in [0.3, 0.4) is 0 Å². The van der Waals surface area contributed by atoms with Gasteiger partial charge in [0, 0.05) is 5.92 Å². The second kappa shape index (κ2) is 8.06. The third-order valence-electron chi connectivity index (χ3n) is 3.07. The van der Waals surface area contributed by atoms with E-state index in [1.807, 2.05) is 19.1 Å². The molecule has 4 atom stereocenters. The Bertz CT molecular complexity index is 401. The molecule has 0 heterocycles. The maximum atomic E-state index is 3.98. The summed E-state index contributed by atoms with van der Waals surface area (Å²) in [6.45, 7) is 8.25. The Morgan fingerprint density at radius 3 is 2.33 bits per heavy atom. The van der Waals surface area contributed by atoms with E-state index in [1.165, 1.54) is 5.56 Å². The monoisotopic (exact) mass is 258 g/mol. The van der Waals surface area contributed by atoms with Crippen molar-refractivity contribution >= 4 is 9.24 Å². The predicted molar refractivity (Wildman–Crippen MR) is 86.0 cm³/mol. The van der Waals surface area contributed by atoms with E-state index in [9.17, 15) is 0 Å². The summed E-state index contributed by atoms with van der Waals surface area (Å²) in [4.78, 5) is 0. The van der Waals surface area contributed by atoms with Gasteiger partial charge in [-0.15, -0.1) is 15.8 Å². The van der Waals surface area contributed by atoms with E-state index < -0.39 is 0 Å². The smallest absolute Gasteiger partial charge is 0.00215 e. The summed E-state index contributed by atoms with van der Waals surface area (Å²) < 4.78 is 0. The molecule has 0 N–H and O–H groups in total. The van der Waals surface area contributed by atoms with Crippen LogP contribution in [0.5, 0.6) is 0 Å². The van der Waals surface area contributed by atoms with Crippen molar-refractivity contribution < 1.29 is 0 Å². The van der Waals surface area contributed by atoms with Gasteiger partial charge in [0.1, 0.15) is 0 Å². The summed E-state index contributed by atoms with van der Waals surface area (Å²) in [5, 5.41) is 0. The van der Waals surface area contributed by atoms with Crippen LogP contribution in [-0.2, 0) is 0 Å². The molecule has 0 saturated carbocycles. The zero-order chi connectivity index (χ0) is 13.4. The molecule has 1 rings (SSSR count). The van der Waals surface area contributed by atoms with Crippen molar-refractivity contribution in [3.63, 3.8) is 0 Å². The molecule has 1 aromatic rings. The van der Waals surface area contributed by atoms with E-state index in [4.69, 9.17) is 0 Å². The van der Waals surface area contributed by atoms with E-state index in [0.717, 1.165) is 0 Å². The Morgan fingerprint density at radius 2 is 1.83 bits per heavy atom. The fourth-order valence-electron chi connectivity index (χ4n) is 2.20. The molecule has 0 radical (unpaired) electrons. The summed E-state index contributed by atoms with van der Waals surface area (Å²) in [6.07, 6.45) is 10.5. The summed E-state index contributed by atoms with van der Waals surface area (Å²) in [7, 11) is 2.92. The summed E-state index contributed by atoms with van der Waals surface area (Å²) in [6, 6.07) is 10.7. The second-order valence-electron chi connectivity index (χ2n) is 4.52. The Kier molecular flexibility index (Phi) is 6.68. The molecule has 96 valence electrons. The Hall–Kier alpha value is -1.13. The van der Waals surface area contributed by atoms with Crippen molar-refractivity contribution in [2.45, 2.75) is 25.4 Å². The highest BCUT2D eigenvalue weighted by molar-refractivity contribution is 7.17. The zero-order valence-electron chi connectivity index (χ0n) is 11.3. The lowest BCUT2D eigenvalue weighted by Crippen LogP contribution is -2.16. The minimum absolute atomic E-state index is 0.358. The van der Waals surface area contributed by atoms with Gasteiger partial charge in [-0.05, 0) is 24.1 Å². The highest BCUT2D eigenvalue weighted by Gasteiger charge is 2.21. The molecule has 18 heavy (non-hydrogen) atoms. The van der Waals surface area contributed by atoms with E-state index in [0.29, 0.717) is 17.5 Å². The molecule has 0 nitrogen and oxygen atoms in total. The molecule has 1 aromatic carbocycles. The van der Waals surface area contributed by atoms with Crippen molar-refractivity contribution in [1.29, 1.82) is 0 Å². The number of hydrogen-bond donors (Lipinski definition) is 0. The molecular weight excluding hydrogens is 235 g/mol. The van der Waals surface area contributed by atoms with E-state index in [2.05, 4.69) is 71.3 Å². The maximum Gasteiger partial charge on any atom is 0.00215 e. The number of hydrogen-bond acceptors (Lipinski definition) is 0. The first-order valence-corrected chi connectivity index (χ1v) is 7.10. The van der Waals surface area contributed by atoms with Gasteiger partial charge in [0.2, 0.25) is 0 Å². The molecule has 0 aliphatic carbocycles. The lowest BCUT2D eigenvalue weighted by atomic mass is 9.83. The third kappa shape index (κ3) is 4.27. The topological polar surface area (TPSA) is 0 Å². The first-order chi connectivity index (χ1) is 8.70. The highest BCUT2D eigenvalue weighted by atomic mass is 31.0. The van der Waals surface area contributed by atoms with Crippen LogP contribution in [0.15, 0.2) is 67.3 Å². The lowest BCUT2D eigenvalue weighted by molar-refractivity contribution is 0.587. The van der Waals surface area contributed by atoms with Crippen molar-refractivity contribution in [2.24, 2.45) is 5.92 Å². The fourth-order valence-corrected chi connectivity index (χ4v) is 2.68. The van der Waals surface area contributed by atoms with E-state index in [-0.39, 0.29) is 0 Å². The van der Waals surface area contributed by atoms with Crippen LogP contribution in [0, 0.1) is 5.92 Å². The van der Waals surface area contributed by atoms with Gasteiger partial charge in [-0.2, -0.15) is 0 Å². The quantitative estimate of drug-likeness (QED) is 0.384. The molecule has 0 aliphatic heterocycles. The average molecular weight is 258 g/mol. The molecule has 0 aliphatic rings. The second-order valence-corrected chi connectivity index (χ2v) is 5.57. The van der Waals surface area contributed by atoms with Gasteiger partial charge in [-0.3, -0.25) is 0 Å². The van der Waals surface area contributed by atoms with Gasteiger partial charge in [-0.1, -0.05) is 67.6 Å². The largest absolute Gasteiger partial charge is 0.134 e. The van der Waals surface area contributed by atoms with Crippen LogP contribution in [0.1, 0.15) is 25.3 Å². The van der Waals surface area contributed by atoms with Gasteiger partial charge >= 0.3 is 0 Å². The summed E-state index contributed by atoms with van der Waals surface area (Å²) >= 11 is 0. The Balaban J connectivity index is 2.99. The predicted octanol–water partition coefficient (Wildman–Crippen LogP) is 4.97. The first-order valence-electron chi connectivity index (χ1n) is 6.43. The van der Waals surface area contributed by atoms with Crippen molar-refractivity contribution in [1.82, 2.24) is 0 Å². The number of rotatable bonds is 6. The Morgan fingerprint density at radius 1 is 1.17 bits per heavy atom. The fraction of sp³-hybridized carbons (Fsp3) is 0.294.